The Morgan fingerprint density at radius 3 is 1.07 bits per heavy atom. The third-order valence-corrected chi connectivity index (χ3v) is 8.01. The Balaban J connectivity index is -0.000000688. The van der Waals surface area contributed by atoms with E-state index in [1.807, 2.05) is 0 Å². The summed E-state index contributed by atoms with van der Waals surface area (Å²) in [5, 5.41) is 24.9. The van der Waals surface area contributed by atoms with E-state index in [2.05, 4.69) is 24.5 Å². The van der Waals surface area contributed by atoms with Crippen molar-refractivity contribution in [3.63, 3.8) is 0 Å². The molecule has 0 spiro atoms. The minimum absolute atomic E-state index is 0. The van der Waals surface area contributed by atoms with Crippen LogP contribution in [0.15, 0.2) is 0 Å². The van der Waals surface area contributed by atoms with Crippen molar-refractivity contribution in [2.24, 2.45) is 0 Å². The number of nitrogens with one attached hydrogen (secondary N) is 2. The molecule has 2 atom stereocenters. The van der Waals surface area contributed by atoms with Gasteiger partial charge < -0.3 is 30.0 Å². The van der Waals surface area contributed by atoms with Gasteiger partial charge in [-0.3, -0.25) is 0 Å². The van der Waals surface area contributed by atoms with Gasteiger partial charge in [0.05, 0.1) is 43.9 Å². The van der Waals surface area contributed by atoms with E-state index in [0.29, 0.717) is 13.1 Å². The summed E-state index contributed by atoms with van der Waals surface area (Å²) in [6.45, 7) is 5.35. The molecule has 0 aromatic carbocycles. The van der Waals surface area contributed by atoms with Crippen LogP contribution in [0.4, 0.5) is 0 Å². The molecule has 0 aromatic rings. The van der Waals surface area contributed by atoms with Crippen molar-refractivity contribution in [3.05, 3.63) is 0 Å². The summed E-state index contributed by atoms with van der Waals surface area (Å²) in [5.41, 5.74) is 0. The molecule has 4 N–H and O–H groups in total. The van der Waals surface area contributed by atoms with Crippen LogP contribution < -0.4 is 10.6 Å². The fourth-order valence-corrected chi connectivity index (χ4v) is 4.95. The van der Waals surface area contributed by atoms with E-state index in [0.717, 1.165) is 38.5 Å². The Kier molecular flexibility index (Phi) is 36.5. The van der Waals surface area contributed by atoms with Crippen molar-refractivity contribution in [2.45, 2.75) is 142 Å². The fraction of sp³-hybridized carbons (Fsp3) is 1.00. The second kappa shape index (κ2) is 32.3. The van der Waals surface area contributed by atoms with Crippen molar-refractivity contribution >= 4 is 58.0 Å². The summed E-state index contributed by atoms with van der Waals surface area (Å²) in [4.78, 5) is 0. The first kappa shape index (κ1) is 46.3. The van der Waals surface area contributed by atoms with Crippen LogP contribution in [0.1, 0.15) is 129 Å². The molecule has 41 heavy (non-hydrogen) atoms. The molecule has 0 aliphatic rings. The zero-order valence-electron chi connectivity index (χ0n) is 26.0. The van der Waals surface area contributed by atoms with Gasteiger partial charge in [0.25, 0.3) is 0 Å². The Bertz CT molecular complexity index is 681. The van der Waals surface area contributed by atoms with Gasteiger partial charge >= 0.3 is 37.7 Å². The number of rotatable bonds is 28. The number of unbranched alkanes of at least 4 members (excludes halogenated alkanes) is 14. The maximum Gasteiger partial charge on any atom is 2.00 e. The maximum atomic E-state index is 10.4. The quantitative estimate of drug-likeness (QED) is 0.0552. The average Bonchev–Trinajstić information content (AvgIpc) is 2.87. The number of aliphatic hydroxyl groups excluding tert-OH is 2. The van der Waals surface area contributed by atoms with Gasteiger partial charge in [0.15, 0.2) is 0 Å². The molecule has 0 amide bonds. The average molecular weight is 657 g/mol. The predicted octanol–water partition coefficient (Wildman–Crippen LogP) is 3.65. The van der Waals surface area contributed by atoms with Crippen molar-refractivity contribution in [2.75, 3.05) is 37.7 Å². The number of hydrogen-bond acceptors (Lipinski definition) is 10. The maximum absolute atomic E-state index is 10.4. The number of hydrogen-bond donors (Lipinski definition) is 4. The van der Waals surface area contributed by atoms with Crippen LogP contribution in [-0.4, -0.2) is 124 Å². The van der Waals surface area contributed by atoms with Crippen LogP contribution in [0.2, 0.25) is 0 Å². The zero-order valence-corrected chi connectivity index (χ0v) is 29.8. The van der Waals surface area contributed by atoms with Crippen molar-refractivity contribution in [3.8, 4) is 0 Å². The molecule has 0 rings (SSSR count). The first-order chi connectivity index (χ1) is 18.9. The van der Waals surface area contributed by atoms with E-state index in [1.165, 1.54) is 77.0 Å². The largest absolute Gasteiger partial charge is 2.00 e. The Morgan fingerprint density at radius 2 is 0.805 bits per heavy atom. The Morgan fingerprint density at radius 1 is 0.537 bits per heavy atom. The number of aliphatic hydroxyl groups is 2. The Hall–Kier alpha value is 0.920. The van der Waals surface area contributed by atoms with Gasteiger partial charge in [-0.05, 0) is 12.8 Å². The van der Waals surface area contributed by atoms with E-state index >= 15 is 0 Å². The molecule has 0 aliphatic heterocycles. The van der Waals surface area contributed by atoms with Crippen molar-refractivity contribution < 1.29 is 36.2 Å². The van der Waals surface area contributed by atoms with Crippen molar-refractivity contribution in [1.82, 2.24) is 10.6 Å². The first-order valence-electron chi connectivity index (χ1n) is 15.6. The molecule has 0 radical (unpaired) electrons. The molecular formula is C28H60CaN2O8S2. The second-order valence-corrected chi connectivity index (χ2v) is 13.8. The zero-order chi connectivity index (χ0) is 30.5. The third-order valence-electron chi connectivity index (χ3n) is 6.60. The van der Waals surface area contributed by atoms with Crippen LogP contribution in [0.5, 0.6) is 0 Å². The van der Waals surface area contributed by atoms with Gasteiger partial charge in [0.1, 0.15) is 0 Å². The molecule has 13 heteroatoms. The molecule has 10 nitrogen and oxygen atoms in total. The molecular weight excluding hydrogens is 597 g/mol. The standard InChI is InChI=1S/2C14H31NO4S.Ca/c2*1-2-3-4-5-6-7-8-9-10-14(16)13-15-11-12-20(17,18)19;/h2*14-16H,2-13H2,1H3,(H,17,18,19);/q;;+2/p-2. The van der Waals surface area contributed by atoms with Crippen LogP contribution in [0.25, 0.3) is 0 Å². The van der Waals surface area contributed by atoms with E-state index < -0.39 is 43.9 Å². The van der Waals surface area contributed by atoms with E-state index in [9.17, 15) is 36.2 Å². The summed E-state index contributed by atoms with van der Waals surface area (Å²) >= 11 is 0. The van der Waals surface area contributed by atoms with Gasteiger partial charge in [-0.25, -0.2) is 16.8 Å². The van der Waals surface area contributed by atoms with E-state index in [4.69, 9.17) is 0 Å². The van der Waals surface area contributed by atoms with Crippen LogP contribution >= 0.6 is 0 Å². The van der Waals surface area contributed by atoms with Crippen LogP contribution in [0.3, 0.4) is 0 Å². The molecule has 0 saturated carbocycles. The molecule has 2 unspecified atom stereocenters. The minimum atomic E-state index is -4.15. The van der Waals surface area contributed by atoms with Gasteiger partial charge in [0, 0.05) is 26.2 Å². The molecule has 244 valence electrons. The van der Waals surface area contributed by atoms with E-state index in [1.54, 1.807) is 0 Å². The normalized spacial score (nSPS) is 13.2. The molecule has 0 aliphatic carbocycles. The van der Waals surface area contributed by atoms with Gasteiger partial charge in [0.2, 0.25) is 0 Å². The molecule has 0 bridgehead atoms. The molecule has 0 saturated heterocycles. The summed E-state index contributed by atoms with van der Waals surface area (Å²) in [6, 6.07) is 0. The van der Waals surface area contributed by atoms with Gasteiger partial charge in [-0.1, -0.05) is 117 Å². The first-order valence-corrected chi connectivity index (χ1v) is 18.7. The van der Waals surface area contributed by atoms with Gasteiger partial charge in [-0.2, -0.15) is 0 Å². The predicted molar refractivity (Wildman–Crippen MR) is 167 cm³/mol. The molecule has 0 aromatic heterocycles. The van der Waals surface area contributed by atoms with Crippen LogP contribution in [0, 0.1) is 0 Å². The summed E-state index contributed by atoms with van der Waals surface area (Å²) in [5.74, 6) is -0.838. The molecule has 0 heterocycles. The van der Waals surface area contributed by atoms with Gasteiger partial charge in [-0.15, -0.1) is 0 Å². The monoisotopic (exact) mass is 656 g/mol. The third kappa shape index (κ3) is 45.5. The van der Waals surface area contributed by atoms with E-state index in [-0.39, 0.29) is 50.8 Å². The summed E-state index contributed by atoms with van der Waals surface area (Å²) in [7, 11) is -8.30. The topological polar surface area (TPSA) is 179 Å². The summed E-state index contributed by atoms with van der Waals surface area (Å²) < 4.78 is 62.1. The Labute approximate surface area is 282 Å². The SMILES string of the molecule is CCCCCCCCCCC(O)CNCCS(=O)(=O)[O-].CCCCCCCCCCC(O)CNCCS(=O)(=O)[O-].[Ca+2]. The molecule has 0 fully saturated rings. The van der Waals surface area contributed by atoms with Crippen molar-refractivity contribution in [1.29, 1.82) is 0 Å². The van der Waals surface area contributed by atoms with Crippen LogP contribution in [-0.2, 0) is 20.2 Å². The minimum Gasteiger partial charge on any atom is -0.748 e. The fourth-order valence-electron chi connectivity index (χ4n) is 4.16. The second-order valence-electron chi connectivity index (χ2n) is 10.8. The summed E-state index contributed by atoms with van der Waals surface area (Å²) in [6.07, 6.45) is 20.3. The smallest absolute Gasteiger partial charge is 0.748 e.